The van der Waals surface area contributed by atoms with Crippen LogP contribution in [-0.4, -0.2) is 24.2 Å². The van der Waals surface area contributed by atoms with Gasteiger partial charge in [-0.15, -0.1) is 0 Å². The molecule has 4 nitrogen and oxygen atoms in total. The van der Waals surface area contributed by atoms with Gasteiger partial charge in [0.15, 0.2) is 0 Å². The Hall–Kier alpha value is -0.770. The summed E-state index contributed by atoms with van der Waals surface area (Å²) in [5.41, 5.74) is 0. The van der Waals surface area contributed by atoms with E-state index in [0.29, 0.717) is 13.0 Å². The van der Waals surface area contributed by atoms with Crippen molar-refractivity contribution >= 4 is 6.16 Å². The molecule has 1 unspecified atom stereocenters. The molecule has 0 heterocycles. The molecule has 0 rings (SSSR count). The first-order valence-electron chi connectivity index (χ1n) is 5.71. The van der Waals surface area contributed by atoms with E-state index in [-0.39, 0.29) is 0 Å². The molecule has 0 bridgehead atoms. The maximum Gasteiger partial charge on any atom is 0.508 e. The van der Waals surface area contributed by atoms with Crippen molar-refractivity contribution in [3.63, 3.8) is 0 Å². The lowest BCUT2D eigenvalue weighted by Crippen LogP contribution is -2.20. The van der Waals surface area contributed by atoms with Crippen LogP contribution in [0.5, 0.6) is 0 Å². The summed E-state index contributed by atoms with van der Waals surface area (Å²) in [5.74, 6) is 0. The molecule has 1 atom stereocenters. The summed E-state index contributed by atoms with van der Waals surface area (Å²) in [5, 5.41) is 8.45. The first-order valence-corrected chi connectivity index (χ1v) is 5.71. The van der Waals surface area contributed by atoms with Crippen molar-refractivity contribution in [2.45, 2.75) is 58.7 Å². The predicted octanol–water partition coefficient (Wildman–Crippen LogP) is 3.40. The highest BCUT2D eigenvalue weighted by Crippen LogP contribution is 2.07. The molecule has 0 spiro atoms. The molecule has 0 aliphatic carbocycles. The zero-order valence-corrected chi connectivity index (χ0v) is 9.70. The van der Waals surface area contributed by atoms with Crippen LogP contribution in [0.25, 0.3) is 0 Å². The SMILES string of the molecule is CCCCCCOC(CCC)OC(=O)O. The van der Waals surface area contributed by atoms with Gasteiger partial charge >= 0.3 is 6.16 Å². The van der Waals surface area contributed by atoms with Gasteiger partial charge in [-0.2, -0.15) is 0 Å². The van der Waals surface area contributed by atoms with E-state index >= 15 is 0 Å². The minimum atomic E-state index is -1.26. The number of carboxylic acid groups (broad SMARTS) is 1. The van der Waals surface area contributed by atoms with E-state index in [1.807, 2.05) is 6.92 Å². The smallest absolute Gasteiger partial charge is 0.450 e. The van der Waals surface area contributed by atoms with Gasteiger partial charge in [0.05, 0.1) is 6.61 Å². The van der Waals surface area contributed by atoms with E-state index in [9.17, 15) is 4.79 Å². The quantitative estimate of drug-likeness (QED) is 0.366. The van der Waals surface area contributed by atoms with Crippen molar-refractivity contribution in [3.8, 4) is 0 Å². The molecule has 15 heavy (non-hydrogen) atoms. The van der Waals surface area contributed by atoms with Crippen molar-refractivity contribution in [2.24, 2.45) is 0 Å². The molecule has 0 fully saturated rings. The second-order valence-corrected chi connectivity index (χ2v) is 3.53. The lowest BCUT2D eigenvalue weighted by atomic mass is 10.2. The van der Waals surface area contributed by atoms with Crippen LogP contribution < -0.4 is 0 Å². The molecular formula is C11H22O4. The number of carbonyl (C=O) groups is 1. The van der Waals surface area contributed by atoms with E-state index in [2.05, 4.69) is 11.7 Å². The molecule has 0 amide bonds. The van der Waals surface area contributed by atoms with Gasteiger partial charge in [-0.3, -0.25) is 0 Å². The molecule has 0 aromatic carbocycles. The maximum absolute atomic E-state index is 10.3. The van der Waals surface area contributed by atoms with Gasteiger partial charge in [-0.1, -0.05) is 39.5 Å². The Kier molecular flexibility index (Phi) is 9.27. The van der Waals surface area contributed by atoms with Crippen molar-refractivity contribution in [2.75, 3.05) is 6.61 Å². The van der Waals surface area contributed by atoms with Crippen LogP contribution in [0.3, 0.4) is 0 Å². The molecule has 4 heteroatoms. The third kappa shape index (κ3) is 9.53. The van der Waals surface area contributed by atoms with Gasteiger partial charge in [0.2, 0.25) is 6.29 Å². The van der Waals surface area contributed by atoms with Crippen molar-refractivity contribution < 1.29 is 19.4 Å². The first kappa shape index (κ1) is 14.2. The molecule has 90 valence electrons. The Morgan fingerprint density at radius 2 is 1.93 bits per heavy atom. The van der Waals surface area contributed by atoms with E-state index in [4.69, 9.17) is 9.84 Å². The predicted molar refractivity (Wildman–Crippen MR) is 57.9 cm³/mol. The fourth-order valence-electron chi connectivity index (χ4n) is 1.27. The minimum absolute atomic E-state index is 0.581. The lowest BCUT2D eigenvalue weighted by molar-refractivity contribution is -0.120. The van der Waals surface area contributed by atoms with Crippen LogP contribution in [0, 0.1) is 0 Å². The van der Waals surface area contributed by atoms with Gasteiger partial charge in [0, 0.05) is 6.42 Å². The molecule has 0 saturated heterocycles. The van der Waals surface area contributed by atoms with Crippen molar-refractivity contribution in [1.82, 2.24) is 0 Å². The molecule has 1 N–H and O–H groups in total. The fourth-order valence-corrected chi connectivity index (χ4v) is 1.27. The number of ether oxygens (including phenoxy) is 2. The van der Waals surface area contributed by atoms with Gasteiger partial charge in [-0.25, -0.2) is 4.79 Å². The lowest BCUT2D eigenvalue weighted by Gasteiger charge is -2.15. The Morgan fingerprint density at radius 1 is 1.20 bits per heavy atom. The zero-order valence-electron chi connectivity index (χ0n) is 9.70. The Balaban J connectivity index is 3.52. The molecule has 0 aliphatic rings. The summed E-state index contributed by atoms with van der Waals surface area (Å²) in [6.07, 6.45) is 4.11. The Labute approximate surface area is 91.6 Å². The molecule has 0 radical (unpaired) electrons. The third-order valence-corrected chi connectivity index (χ3v) is 2.06. The Morgan fingerprint density at radius 3 is 2.47 bits per heavy atom. The van der Waals surface area contributed by atoms with Gasteiger partial charge in [0.25, 0.3) is 0 Å². The first-order chi connectivity index (χ1) is 7.20. The van der Waals surface area contributed by atoms with E-state index in [1.54, 1.807) is 0 Å². The van der Waals surface area contributed by atoms with Crippen molar-refractivity contribution in [1.29, 1.82) is 0 Å². The van der Waals surface area contributed by atoms with Gasteiger partial charge < -0.3 is 14.6 Å². The largest absolute Gasteiger partial charge is 0.508 e. The summed E-state index contributed by atoms with van der Waals surface area (Å²) >= 11 is 0. The number of hydrogen-bond acceptors (Lipinski definition) is 3. The number of hydrogen-bond donors (Lipinski definition) is 1. The zero-order chi connectivity index (χ0) is 11.5. The average Bonchev–Trinajstić information content (AvgIpc) is 2.17. The minimum Gasteiger partial charge on any atom is -0.450 e. The van der Waals surface area contributed by atoms with Crippen LogP contribution in [0.15, 0.2) is 0 Å². The van der Waals surface area contributed by atoms with E-state index in [1.165, 1.54) is 12.8 Å². The molecule has 0 saturated carbocycles. The Bertz CT molecular complexity index is 159. The highest BCUT2D eigenvalue weighted by Gasteiger charge is 2.12. The highest BCUT2D eigenvalue weighted by molar-refractivity contribution is 5.56. The topological polar surface area (TPSA) is 55.8 Å². The van der Waals surface area contributed by atoms with Crippen LogP contribution in [-0.2, 0) is 9.47 Å². The summed E-state index contributed by atoms with van der Waals surface area (Å²) < 4.78 is 9.93. The second kappa shape index (κ2) is 9.77. The fraction of sp³-hybridized carbons (Fsp3) is 0.909. The van der Waals surface area contributed by atoms with Gasteiger partial charge in [-0.05, 0) is 6.42 Å². The van der Waals surface area contributed by atoms with Gasteiger partial charge in [0.1, 0.15) is 0 Å². The van der Waals surface area contributed by atoms with E-state index < -0.39 is 12.4 Å². The second-order valence-electron chi connectivity index (χ2n) is 3.53. The number of unbranched alkanes of at least 4 members (excludes halogenated alkanes) is 3. The molecule has 0 aromatic rings. The summed E-state index contributed by atoms with van der Waals surface area (Å²) in [4.78, 5) is 10.3. The van der Waals surface area contributed by atoms with Crippen LogP contribution >= 0.6 is 0 Å². The summed E-state index contributed by atoms with van der Waals surface area (Å²) in [6.45, 7) is 4.70. The van der Waals surface area contributed by atoms with Crippen LogP contribution in [0.2, 0.25) is 0 Å². The normalized spacial score (nSPS) is 12.4. The molecule has 0 aromatic heterocycles. The van der Waals surface area contributed by atoms with Crippen LogP contribution in [0.1, 0.15) is 52.4 Å². The summed E-state index contributed by atoms with van der Waals surface area (Å²) in [6, 6.07) is 0. The molecular weight excluding hydrogens is 196 g/mol. The standard InChI is InChI=1S/C11H22O4/c1-3-5-6-7-9-14-10(8-4-2)15-11(12)13/h10H,3-9H2,1-2H3,(H,12,13). The van der Waals surface area contributed by atoms with E-state index in [0.717, 1.165) is 19.3 Å². The maximum atomic E-state index is 10.3. The summed E-state index contributed by atoms with van der Waals surface area (Å²) in [7, 11) is 0. The number of rotatable bonds is 9. The highest BCUT2D eigenvalue weighted by atomic mass is 16.8. The third-order valence-electron chi connectivity index (χ3n) is 2.06. The van der Waals surface area contributed by atoms with Crippen LogP contribution in [0.4, 0.5) is 4.79 Å². The average molecular weight is 218 g/mol. The van der Waals surface area contributed by atoms with Crippen molar-refractivity contribution in [3.05, 3.63) is 0 Å². The molecule has 0 aliphatic heterocycles. The monoisotopic (exact) mass is 218 g/mol.